The van der Waals surface area contributed by atoms with Crippen LogP contribution in [0.15, 0.2) is 45.9 Å². The largest absolute Gasteiger partial charge is 0.469 e. The number of aliphatic hydroxyl groups is 1. The summed E-state index contributed by atoms with van der Waals surface area (Å²) in [6.45, 7) is 1.51. The summed E-state index contributed by atoms with van der Waals surface area (Å²) in [4.78, 5) is 0.261. The normalized spacial score (nSPS) is 17.2. The fourth-order valence-corrected chi connectivity index (χ4v) is 4.27. The number of nitrogens with one attached hydrogen (secondary N) is 1. The number of fused-ring (bicyclic) bond motifs is 1. The van der Waals surface area contributed by atoms with Crippen LogP contribution in [0.4, 0.5) is 0 Å². The van der Waals surface area contributed by atoms with Crippen molar-refractivity contribution in [1.82, 2.24) is 4.72 Å². The van der Waals surface area contributed by atoms with Gasteiger partial charge in [0, 0.05) is 13.0 Å². The van der Waals surface area contributed by atoms with E-state index in [0.29, 0.717) is 5.76 Å². The molecule has 24 heavy (non-hydrogen) atoms. The van der Waals surface area contributed by atoms with Gasteiger partial charge in [-0.25, -0.2) is 13.1 Å². The van der Waals surface area contributed by atoms with Crippen molar-refractivity contribution in [1.29, 1.82) is 0 Å². The summed E-state index contributed by atoms with van der Waals surface area (Å²) in [6.07, 6.45) is 5.97. The van der Waals surface area contributed by atoms with Crippen molar-refractivity contribution in [3.05, 3.63) is 53.5 Å². The molecule has 0 saturated heterocycles. The molecule has 1 aliphatic rings. The van der Waals surface area contributed by atoms with Gasteiger partial charge in [-0.05, 0) is 68.0 Å². The van der Waals surface area contributed by atoms with E-state index < -0.39 is 15.6 Å². The molecule has 0 radical (unpaired) electrons. The van der Waals surface area contributed by atoms with Crippen LogP contribution < -0.4 is 4.72 Å². The third-order valence-electron chi connectivity index (χ3n) is 4.41. The van der Waals surface area contributed by atoms with Crippen LogP contribution in [0.3, 0.4) is 0 Å². The Balaban J connectivity index is 1.69. The highest BCUT2D eigenvalue weighted by Crippen LogP contribution is 2.24. The van der Waals surface area contributed by atoms with Crippen molar-refractivity contribution in [2.45, 2.75) is 49.5 Å². The van der Waals surface area contributed by atoms with E-state index in [-0.39, 0.29) is 17.9 Å². The number of hydrogen-bond acceptors (Lipinski definition) is 4. The summed E-state index contributed by atoms with van der Waals surface area (Å²) in [5, 5.41) is 10.4. The SMILES string of the molecule is C[C@](O)(CNS(=O)(=O)c1ccc2c(c1)CCCC2)Cc1ccco1. The van der Waals surface area contributed by atoms with Crippen molar-refractivity contribution in [3.8, 4) is 0 Å². The van der Waals surface area contributed by atoms with E-state index >= 15 is 0 Å². The van der Waals surface area contributed by atoms with Gasteiger partial charge in [0.05, 0.1) is 16.8 Å². The Bertz CT molecular complexity index is 794. The monoisotopic (exact) mass is 349 g/mol. The molecule has 0 aliphatic heterocycles. The number of aryl methyl sites for hydroxylation is 2. The lowest BCUT2D eigenvalue weighted by Crippen LogP contribution is -2.42. The Kier molecular flexibility index (Phi) is 4.80. The fourth-order valence-electron chi connectivity index (χ4n) is 3.06. The molecule has 0 unspecified atom stereocenters. The van der Waals surface area contributed by atoms with Gasteiger partial charge in [0.1, 0.15) is 5.76 Å². The second-order valence-corrected chi connectivity index (χ2v) is 8.48. The van der Waals surface area contributed by atoms with Gasteiger partial charge in [-0.1, -0.05) is 6.07 Å². The maximum Gasteiger partial charge on any atom is 0.240 e. The second-order valence-electron chi connectivity index (χ2n) is 6.72. The summed E-state index contributed by atoms with van der Waals surface area (Å²) in [5.41, 5.74) is 1.13. The summed E-state index contributed by atoms with van der Waals surface area (Å²) in [7, 11) is -3.65. The Morgan fingerprint density at radius 3 is 2.67 bits per heavy atom. The van der Waals surface area contributed by atoms with Crippen LogP contribution in [-0.4, -0.2) is 25.7 Å². The molecule has 0 bridgehead atoms. The maximum atomic E-state index is 12.5. The van der Waals surface area contributed by atoms with E-state index in [1.165, 1.54) is 11.8 Å². The van der Waals surface area contributed by atoms with E-state index in [1.54, 1.807) is 31.2 Å². The zero-order valence-electron chi connectivity index (χ0n) is 13.8. The maximum absolute atomic E-state index is 12.5. The molecule has 5 nitrogen and oxygen atoms in total. The number of sulfonamides is 1. The molecule has 130 valence electrons. The van der Waals surface area contributed by atoms with Gasteiger partial charge in [-0.3, -0.25) is 0 Å². The van der Waals surface area contributed by atoms with Crippen LogP contribution in [0.1, 0.15) is 36.7 Å². The lowest BCUT2D eigenvalue weighted by molar-refractivity contribution is 0.0603. The highest BCUT2D eigenvalue weighted by atomic mass is 32.2. The first-order chi connectivity index (χ1) is 11.4. The van der Waals surface area contributed by atoms with Gasteiger partial charge < -0.3 is 9.52 Å². The predicted molar refractivity (Wildman–Crippen MR) is 91.3 cm³/mol. The Hall–Kier alpha value is -1.63. The number of furan rings is 1. The molecule has 0 fully saturated rings. The number of benzene rings is 1. The van der Waals surface area contributed by atoms with Gasteiger partial charge in [0.15, 0.2) is 0 Å². The van der Waals surface area contributed by atoms with E-state index in [4.69, 9.17) is 4.42 Å². The number of rotatable bonds is 6. The minimum absolute atomic E-state index is 0.0763. The molecule has 2 aromatic rings. The Morgan fingerprint density at radius 1 is 1.21 bits per heavy atom. The molecule has 0 amide bonds. The average Bonchev–Trinajstić information content (AvgIpc) is 3.05. The second kappa shape index (κ2) is 6.70. The van der Waals surface area contributed by atoms with E-state index in [1.807, 2.05) is 6.07 Å². The minimum atomic E-state index is -3.65. The molecule has 1 aromatic carbocycles. The van der Waals surface area contributed by atoms with E-state index in [2.05, 4.69) is 4.72 Å². The van der Waals surface area contributed by atoms with Crippen LogP contribution in [0.2, 0.25) is 0 Å². The average molecular weight is 349 g/mol. The van der Waals surface area contributed by atoms with E-state index in [0.717, 1.165) is 31.2 Å². The molecule has 1 aliphatic carbocycles. The molecular formula is C18H23NO4S. The first-order valence-electron chi connectivity index (χ1n) is 8.22. The Morgan fingerprint density at radius 2 is 1.96 bits per heavy atom. The Labute approximate surface area is 142 Å². The van der Waals surface area contributed by atoms with Crippen LogP contribution in [-0.2, 0) is 29.3 Å². The molecule has 6 heteroatoms. The molecule has 3 rings (SSSR count). The highest BCUT2D eigenvalue weighted by molar-refractivity contribution is 7.89. The van der Waals surface area contributed by atoms with Gasteiger partial charge in [0.2, 0.25) is 10.0 Å². The molecule has 0 saturated carbocycles. The van der Waals surface area contributed by atoms with Crippen molar-refractivity contribution in [2.24, 2.45) is 0 Å². The zero-order chi connectivity index (χ0) is 17.2. The predicted octanol–water partition coefficient (Wildman–Crippen LogP) is 2.43. The smallest absolute Gasteiger partial charge is 0.240 e. The molecule has 0 spiro atoms. The molecule has 1 heterocycles. The topological polar surface area (TPSA) is 79.5 Å². The molecular weight excluding hydrogens is 326 g/mol. The van der Waals surface area contributed by atoms with Gasteiger partial charge in [0.25, 0.3) is 0 Å². The van der Waals surface area contributed by atoms with Crippen LogP contribution in [0.5, 0.6) is 0 Å². The van der Waals surface area contributed by atoms with Crippen LogP contribution >= 0.6 is 0 Å². The van der Waals surface area contributed by atoms with Crippen molar-refractivity contribution < 1.29 is 17.9 Å². The molecule has 1 aromatic heterocycles. The first kappa shape index (κ1) is 17.2. The first-order valence-corrected chi connectivity index (χ1v) is 9.70. The van der Waals surface area contributed by atoms with Crippen molar-refractivity contribution >= 4 is 10.0 Å². The summed E-state index contributed by atoms with van der Waals surface area (Å²) < 4.78 is 32.8. The molecule has 1 atom stereocenters. The van der Waals surface area contributed by atoms with Crippen LogP contribution in [0, 0.1) is 0 Å². The summed E-state index contributed by atoms with van der Waals surface area (Å²) in [6, 6.07) is 8.81. The zero-order valence-corrected chi connectivity index (χ0v) is 14.6. The quantitative estimate of drug-likeness (QED) is 0.839. The standard InChI is InChI=1S/C18H23NO4S/c1-18(20,12-16-7-4-10-23-16)13-19-24(21,22)17-9-8-14-5-2-3-6-15(14)11-17/h4,7-11,19-20H,2-3,5-6,12-13H2,1H3/t18-/m1/s1. The van der Waals surface area contributed by atoms with Crippen molar-refractivity contribution in [2.75, 3.05) is 6.54 Å². The van der Waals surface area contributed by atoms with Gasteiger partial charge in [-0.15, -0.1) is 0 Å². The van der Waals surface area contributed by atoms with E-state index in [9.17, 15) is 13.5 Å². The minimum Gasteiger partial charge on any atom is -0.469 e. The lowest BCUT2D eigenvalue weighted by Gasteiger charge is -2.23. The van der Waals surface area contributed by atoms with Crippen molar-refractivity contribution in [3.63, 3.8) is 0 Å². The third kappa shape index (κ3) is 4.06. The lowest BCUT2D eigenvalue weighted by atomic mass is 9.92. The highest BCUT2D eigenvalue weighted by Gasteiger charge is 2.26. The number of hydrogen-bond donors (Lipinski definition) is 2. The van der Waals surface area contributed by atoms with Gasteiger partial charge in [-0.2, -0.15) is 0 Å². The summed E-state index contributed by atoms with van der Waals surface area (Å²) in [5.74, 6) is 0.618. The summed E-state index contributed by atoms with van der Waals surface area (Å²) >= 11 is 0. The fraction of sp³-hybridized carbons (Fsp3) is 0.444. The van der Waals surface area contributed by atoms with Crippen LogP contribution in [0.25, 0.3) is 0 Å². The third-order valence-corrected chi connectivity index (χ3v) is 5.81. The van der Waals surface area contributed by atoms with Gasteiger partial charge >= 0.3 is 0 Å². The molecule has 2 N–H and O–H groups in total.